The van der Waals surface area contributed by atoms with E-state index in [0.717, 1.165) is 11.3 Å². The maximum Gasteiger partial charge on any atom is 0.183 e. The van der Waals surface area contributed by atoms with Crippen molar-refractivity contribution in [3.8, 4) is 5.75 Å². The van der Waals surface area contributed by atoms with E-state index in [-0.39, 0.29) is 16.4 Å². The predicted octanol–water partition coefficient (Wildman–Crippen LogP) is 1.47. The highest BCUT2D eigenvalue weighted by Gasteiger charge is 2.45. The molecule has 1 heterocycles. The second-order valence-electron chi connectivity index (χ2n) is 6.63. The average Bonchev–Trinajstić information content (AvgIpc) is 2.98. The van der Waals surface area contributed by atoms with E-state index in [4.69, 9.17) is 4.74 Å². The second kappa shape index (κ2) is 8.00. The van der Waals surface area contributed by atoms with E-state index in [9.17, 15) is 16.8 Å². The van der Waals surface area contributed by atoms with Gasteiger partial charge in [-0.15, -0.1) is 0 Å². The Kier molecular flexibility index (Phi) is 5.88. The molecule has 0 saturated carbocycles. The van der Waals surface area contributed by atoms with E-state index in [1.165, 1.54) is 12.1 Å². The van der Waals surface area contributed by atoms with Gasteiger partial charge in [0.25, 0.3) is 0 Å². The van der Waals surface area contributed by atoms with Crippen molar-refractivity contribution in [2.45, 2.75) is 22.6 Å². The van der Waals surface area contributed by atoms with E-state index in [1.807, 2.05) is 24.3 Å². The number of hydrogen-bond acceptors (Lipinski definition) is 6. The molecule has 1 aliphatic rings. The van der Waals surface area contributed by atoms with Gasteiger partial charge in [-0.1, -0.05) is 30.3 Å². The highest BCUT2D eigenvalue weighted by Crippen LogP contribution is 2.26. The van der Waals surface area contributed by atoms with Gasteiger partial charge in [0.05, 0.1) is 28.8 Å². The standard InChI is InChI=1S/C19H23NO5S2/c1-25-16-9-7-15(8-10-16)11-12-20-18-13-26(21,22)14-19(18)27(23,24)17-5-3-2-4-6-17/h2-10,18-20H,11-14H2,1H3. The largest absolute Gasteiger partial charge is 0.497 e. The van der Waals surface area contributed by atoms with Crippen LogP contribution in [0.25, 0.3) is 0 Å². The third-order valence-corrected chi connectivity index (χ3v) is 8.92. The molecule has 0 aliphatic carbocycles. The summed E-state index contributed by atoms with van der Waals surface area (Å²) >= 11 is 0. The molecule has 1 fully saturated rings. The molecule has 2 atom stereocenters. The summed E-state index contributed by atoms with van der Waals surface area (Å²) in [6.45, 7) is 0.493. The lowest BCUT2D eigenvalue weighted by molar-refractivity contribution is 0.414. The summed E-state index contributed by atoms with van der Waals surface area (Å²) in [7, 11) is -5.52. The number of rotatable bonds is 7. The smallest absolute Gasteiger partial charge is 0.183 e. The molecule has 0 spiro atoms. The zero-order valence-corrected chi connectivity index (χ0v) is 16.7. The summed E-state index contributed by atoms with van der Waals surface area (Å²) in [5.41, 5.74) is 1.06. The Labute approximate surface area is 160 Å². The van der Waals surface area contributed by atoms with E-state index >= 15 is 0 Å². The molecule has 2 unspecified atom stereocenters. The third kappa shape index (κ3) is 4.69. The summed E-state index contributed by atoms with van der Waals surface area (Å²) in [5.74, 6) is 0.263. The van der Waals surface area contributed by atoms with Crippen LogP contribution in [0.3, 0.4) is 0 Å². The number of ether oxygens (including phenoxy) is 1. The molecule has 0 radical (unpaired) electrons. The average molecular weight is 410 g/mol. The normalized spacial score (nSPS) is 21.8. The fraction of sp³-hybridized carbons (Fsp3) is 0.368. The van der Waals surface area contributed by atoms with Crippen molar-refractivity contribution >= 4 is 19.7 Å². The first-order valence-corrected chi connectivity index (χ1v) is 12.0. The molecule has 0 amide bonds. The van der Waals surface area contributed by atoms with Crippen molar-refractivity contribution in [2.24, 2.45) is 0 Å². The first-order chi connectivity index (χ1) is 12.8. The van der Waals surface area contributed by atoms with Gasteiger partial charge in [-0.05, 0) is 42.8 Å². The molecule has 146 valence electrons. The summed E-state index contributed by atoms with van der Waals surface area (Å²) in [4.78, 5) is 0.161. The van der Waals surface area contributed by atoms with Crippen molar-refractivity contribution < 1.29 is 21.6 Å². The van der Waals surface area contributed by atoms with Gasteiger partial charge in [-0.25, -0.2) is 16.8 Å². The molecule has 1 saturated heterocycles. The van der Waals surface area contributed by atoms with Crippen LogP contribution in [0, 0.1) is 0 Å². The minimum absolute atomic E-state index is 0.160. The lowest BCUT2D eigenvalue weighted by atomic mass is 10.1. The molecule has 3 rings (SSSR count). The van der Waals surface area contributed by atoms with E-state index in [2.05, 4.69) is 5.32 Å². The van der Waals surface area contributed by atoms with Gasteiger partial charge in [0.15, 0.2) is 19.7 Å². The molecule has 0 aromatic heterocycles. The van der Waals surface area contributed by atoms with Crippen LogP contribution < -0.4 is 10.1 Å². The third-order valence-electron chi connectivity index (χ3n) is 4.75. The monoisotopic (exact) mass is 409 g/mol. The quantitative estimate of drug-likeness (QED) is 0.745. The summed E-state index contributed by atoms with van der Waals surface area (Å²) in [5, 5.41) is 2.18. The molecule has 1 N–H and O–H groups in total. The van der Waals surface area contributed by atoms with Crippen molar-refractivity contribution in [1.29, 1.82) is 0 Å². The fourth-order valence-electron chi connectivity index (χ4n) is 3.29. The van der Waals surface area contributed by atoms with Gasteiger partial charge in [0.2, 0.25) is 0 Å². The van der Waals surface area contributed by atoms with Crippen molar-refractivity contribution in [3.05, 3.63) is 60.2 Å². The molecular weight excluding hydrogens is 386 g/mol. The lowest BCUT2D eigenvalue weighted by Gasteiger charge is -2.20. The van der Waals surface area contributed by atoms with Gasteiger partial charge >= 0.3 is 0 Å². The molecular formula is C19H23NO5S2. The molecule has 0 bridgehead atoms. The molecule has 1 aliphatic heterocycles. The molecule has 8 heteroatoms. The van der Waals surface area contributed by atoms with Crippen LogP contribution in [0.2, 0.25) is 0 Å². The zero-order valence-electron chi connectivity index (χ0n) is 15.0. The predicted molar refractivity (Wildman–Crippen MR) is 105 cm³/mol. The van der Waals surface area contributed by atoms with Crippen LogP contribution in [-0.2, 0) is 26.1 Å². The summed E-state index contributed by atoms with van der Waals surface area (Å²) in [6.07, 6.45) is 0.665. The molecule has 6 nitrogen and oxygen atoms in total. The molecule has 2 aromatic carbocycles. The Bertz CT molecular complexity index is 971. The van der Waals surface area contributed by atoms with E-state index in [0.29, 0.717) is 13.0 Å². The number of methoxy groups -OCH3 is 1. The minimum Gasteiger partial charge on any atom is -0.497 e. The van der Waals surface area contributed by atoms with Crippen LogP contribution in [0.5, 0.6) is 5.75 Å². The van der Waals surface area contributed by atoms with Gasteiger partial charge in [-0.3, -0.25) is 0 Å². The topological polar surface area (TPSA) is 89.5 Å². The number of nitrogens with one attached hydrogen (secondary N) is 1. The lowest BCUT2D eigenvalue weighted by Crippen LogP contribution is -2.44. The number of sulfone groups is 2. The van der Waals surface area contributed by atoms with Crippen LogP contribution >= 0.6 is 0 Å². The van der Waals surface area contributed by atoms with Gasteiger partial charge in [0, 0.05) is 6.04 Å². The summed E-state index contributed by atoms with van der Waals surface area (Å²) in [6, 6.07) is 15.0. The Balaban J connectivity index is 1.70. The highest BCUT2D eigenvalue weighted by atomic mass is 32.2. The van der Waals surface area contributed by atoms with Crippen molar-refractivity contribution in [1.82, 2.24) is 5.32 Å². The number of benzene rings is 2. The van der Waals surface area contributed by atoms with Crippen LogP contribution in [0.15, 0.2) is 59.5 Å². The van der Waals surface area contributed by atoms with Gasteiger partial charge in [0.1, 0.15) is 5.75 Å². The molecule has 2 aromatic rings. The Morgan fingerprint density at radius 1 is 1.04 bits per heavy atom. The molecule has 27 heavy (non-hydrogen) atoms. The fourth-order valence-corrected chi connectivity index (χ4v) is 8.03. The minimum atomic E-state index is -3.72. The van der Waals surface area contributed by atoms with Gasteiger partial charge in [-0.2, -0.15) is 0 Å². The zero-order chi connectivity index (χ0) is 19.5. The van der Waals surface area contributed by atoms with Crippen LogP contribution in [0.4, 0.5) is 0 Å². The Morgan fingerprint density at radius 2 is 1.70 bits per heavy atom. The maximum atomic E-state index is 12.9. The van der Waals surface area contributed by atoms with Gasteiger partial charge < -0.3 is 10.1 Å². The number of hydrogen-bond donors (Lipinski definition) is 1. The maximum absolute atomic E-state index is 12.9. The van der Waals surface area contributed by atoms with Crippen molar-refractivity contribution in [2.75, 3.05) is 25.2 Å². The first-order valence-electron chi connectivity index (χ1n) is 8.67. The first kappa shape index (κ1) is 19.9. The highest BCUT2D eigenvalue weighted by molar-refractivity contribution is 7.96. The van der Waals surface area contributed by atoms with E-state index in [1.54, 1.807) is 25.3 Å². The summed E-state index contributed by atoms with van der Waals surface area (Å²) < 4.78 is 55.2. The van der Waals surface area contributed by atoms with Crippen LogP contribution in [-0.4, -0.2) is 53.3 Å². The van der Waals surface area contributed by atoms with E-state index < -0.39 is 31.0 Å². The van der Waals surface area contributed by atoms with Crippen LogP contribution in [0.1, 0.15) is 5.56 Å². The van der Waals surface area contributed by atoms with Crippen molar-refractivity contribution in [3.63, 3.8) is 0 Å². The Morgan fingerprint density at radius 3 is 2.33 bits per heavy atom. The second-order valence-corrected chi connectivity index (χ2v) is 11.0. The Hall–Kier alpha value is -1.90. The SMILES string of the molecule is COc1ccc(CCNC2CS(=O)(=O)CC2S(=O)(=O)c2ccccc2)cc1.